The second kappa shape index (κ2) is 6.59. The summed E-state index contributed by atoms with van der Waals surface area (Å²) >= 11 is 2.66. The topological polar surface area (TPSA) is 58.5 Å². The maximum absolute atomic E-state index is 13.0. The SMILES string of the molecule is CCN1C(=O)/C(=C/c2ccc(F)cc2)S/C1=N/c1nnc(C)s1. The lowest BCUT2D eigenvalue weighted by atomic mass is 10.2. The fourth-order valence-electron chi connectivity index (χ4n) is 1.99. The number of nitrogens with zero attached hydrogens (tertiary/aromatic N) is 4. The van der Waals surface area contributed by atoms with E-state index in [4.69, 9.17) is 0 Å². The fourth-order valence-corrected chi connectivity index (χ4v) is 3.65. The van der Waals surface area contributed by atoms with Gasteiger partial charge < -0.3 is 0 Å². The molecule has 0 N–H and O–H groups in total. The van der Waals surface area contributed by atoms with Gasteiger partial charge in [0, 0.05) is 6.54 Å². The van der Waals surface area contributed by atoms with Crippen LogP contribution in [0.2, 0.25) is 0 Å². The Kier molecular flexibility index (Phi) is 4.53. The van der Waals surface area contributed by atoms with Crippen molar-refractivity contribution in [2.24, 2.45) is 4.99 Å². The molecule has 0 bridgehead atoms. The number of carbonyl (C=O) groups is 1. The van der Waals surface area contributed by atoms with Gasteiger partial charge in [0.2, 0.25) is 5.13 Å². The third-order valence-electron chi connectivity index (χ3n) is 3.08. The fraction of sp³-hybridized carbons (Fsp3) is 0.200. The van der Waals surface area contributed by atoms with Crippen LogP contribution in [0.4, 0.5) is 9.52 Å². The molecule has 1 aromatic heterocycles. The molecule has 0 unspecified atom stereocenters. The van der Waals surface area contributed by atoms with E-state index < -0.39 is 0 Å². The maximum atomic E-state index is 13.0. The number of rotatable bonds is 3. The monoisotopic (exact) mass is 348 g/mol. The highest BCUT2D eigenvalue weighted by atomic mass is 32.2. The number of aromatic nitrogens is 2. The summed E-state index contributed by atoms with van der Waals surface area (Å²) in [4.78, 5) is 19.0. The average Bonchev–Trinajstić information content (AvgIpc) is 3.06. The van der Waals surface area contributed by atoms with E-state index in [2.05, 4.69) is 15.2 Å². The Morgan fingerprint density at radius 2 is 2.04 bits per heavy atom. The van der Waals surface area contributed by atoms with Crippen molar-refractivity contribution >= 4 is 45.4 Å². The van der Waals surface area contributed by atoms with Crippen LogP contribution in [0.1, 0.15) is 17.5 Å². The zero-order valence-corrected chi connectivity index (χ0v) is 14.1. The van der Waals surface area contributed by atoms with E-state index in [-0.39, 0.29) is 11.7 Å². The molecule has 0 aliphatic carbocycles. The van der Waals surface area contributed by atoms with Gasteiger partial charge in [-0.1, -0.05) is 23.5 Å². The minimum Gasteiger partial charge on any atom is -0.287 e. The third kappa shape index (κ3) is 3.48. The maximum Gasteiger partial charge on any atom is 0.266 e. The van der Waals surface area contributed by atoms with E-state index in [0.717, 1.165) is 10.6 Å². The molecular formula is C15H13FN4OS2. The van der Waals surface area contributed by atoms with Gasteiger partial charge in [0.25, 0.3) is 5.91 Å². The van der Waals surface area contributed by atoms with Gasteiger partial charge in [0.1, 0.15) is 10.8 Å². The first-order valence-electron chi connectivity index (χ1n) is 6.92. The summed E-state index contributed by atoms with van der Waals surface area (Å²) in [5, 5.41) is 9.82. The van der Waals surface area contributed by atoms with Gasteiger partial charge in [-0.05, 0) is 49.4 Å². The van der Waals surface area contributed by atoms with Crippen LogP contribution in [-0.4, -0.2) is 32.7 Å². The standard InChI is InChI=1S/C15H13FN4OS2/c1-3-20-13(21)12(8-10-4-6-11(16)7-5-10)23-15(20)17-14-19-18-9(2)22-14/h4-8H,3H2,1-2H3/b12-8-,17-15+. The average molecular weight is 348 g/mol. The molecule has 1 fully saturated rings. The Morgan fingerprint density at radius 3 is 2.65 bits per heavy atom. The smallest absolute Gasteiger partial charge is 0.266 e. The number of halogens is 1. The molecule has 1 aliphatic heterocycles. The third-order valence-corrected chi connectivity index (χ3v) is 4.82. The van der Waals surface area contributed by atoms with Crippen molar-refractivity contribution in [2.45, 2.75) is 13.8 Å². The number of aryl methyl sites for hydroxylation is 1. The van der Waals surface area contributed by atoms with E-state index in [1.165, 1.54) is 35.2 Å². The Bertz CT molecular complexity index is 798. The van der Waals surface area contributed by atoms with Gasteiger partial charge in [-0.2, -0.15) is 4.99 Å². The molecule has 0 radical (unpaired) electrons. The summed E-state index contributed by atoms with van der Waals surface area (Å²) in [5.41, 5.74) is 0.770. The van der Waals surface area contributed by atoms with Crippen molar-refractivity contribution in [1.82, 2.24) is 15.1 Å². The van der Waals surface area contributed by atoms with Gasteiger partial charge in [0.15, 0.2) is 5.17 Å². The second-order valence-electron chi connectivity index (χ2n) is 4.71. The highest BCUT2D eigenvalue weighted by Crippen LogP contribution is 2.34. The number of benzene rings is 1. The Balaban J connectivity index is 1.91. The van der Waals surface area contributed by atoms with Crippen molar-refractivity contribution in [3.8, 4) is 0 Å². The number of carbonyl (C=O) groups excluding carboxylic acids is 1. The molecule has 8 heteroatoms. The number of hydrogen-bond acceptors (Lipinski definition) is 6. The molecule has 0 spiro atoms. The molecule has 1 aromatic carbocycles. The summed E-state index contributed by atoms with van der Waals surface area (Å²) < 4.78 is 13.0. The van der Waals surface area contributed by atoms with Crippen molar-refractivity contribution in [3.63, 3.8) is 0 Å². The predicted octanol–water partition coefficient (Wildman–Crippen LogP) is 3.61. The summed E-state index contributed by atoms with van der Waals surface area (Å²) in [6, 6.07) is 6.01. The number of aliphatic imine (C=N–C) groups is 1. The molecule has 3 rings (SSSR count). The van der Waals surface area contributed by atoms with Crippen LogP contribution in [-0.2, 0) is 4.79 Å². The molecule has 1 saturated heterocycles. The van der Waals surface area contributed by atoms with Gasteiger partial charge in [-0.25, -0.2) is 4.39 Å². The first-order valence-corrected chi connectivity index (χ1v) is 8.56. The Hall–Kier alpha value is -2.06. The number of amidine groups is 1. The molecule has 23 heavy (non-hydrogen) atoms. The van der Waals surface area contributed by atoms with Gasteiger partial charge in [-0.15, -0.1) is 10.2 Å². The highest BCUT2D eigenvalue weighted by molar-refractivity contribution is 8.18. The molecule has 0 atom stereocenters. The molecule has 1 aliphatic rings. The number of amides is 1. The van der Waals surface area contributed by atoms with E-state index in [1.54, 1.807) is 23.1 Å². The summed E-state index contributed by atoms with van der Waals surface area (Å²) in [5.74, 6) is -0.413. The van der Waals surface area contributed by atoms with Crippen molar-refractivity contribution in [2.75, 3.05) is 6.54 Å². The Morgan fingerprint density at radius 1 is 1.30 bits per heavy atom. The van der Waals surface area contributed by atoms with Crippen molar-refractivity contribution in [3.05, 3.63) is 45.6 Å². The number of likely N-dealkylation sites (N-methyl/N-ethyl adjacent to an activating group) is 1. The van der Waals surface area contributed by atoms with Crippen LogP contribution < -0.4 is 0 Å². The first kappa shape index (κ1) is 15.8. The van der Waals surface area contributed by atoms with Gasteiger partial charge >= 0.3 is 0 Å². The summed E-state index contributed by atoms with van der Waals surface area (Å²) in [6.45, 7) is 4.26. The lowest BCUT2D eigenvalue weighted by molar-refractivity contribution is -0.122. The van der Waals surface area contributed by atoms with E-state index in [9.17, 15) is 9.18 Å². The molecule has 1 amide bonds. The zero-order valence-electron chi connectivity index (χ0n) is 12.5. The van der Waals surface area contributed by atoms with Crippen LogP contribution in [0, 0.1) is 12.7 Å². The Labute approximate surface area is 141 Å². The molecule has 5 nitrogen and oxygen atoms in total. The normalized spacial score (nSPS) is 18.4. The minimum absolute atomic E-state index is 0.109. The van der Waals surface area contributed by atoms with Crippen molar-refractivity contribution in [1.29, 1.82) is 0 Å². The quantitative estimate of drug-likeness (QED) is 0.795. The van der Waals surface area contributed by atoms with Crippen molar-refractivity contribution < 1.29 is 9.18 Å². The van der Waals surface area contributed by atoms with Crippen LogP contribution in [0.25, 0.3) is 6.08 Å². The van der Waals surface area contributed by atoms with E-state index in [1.807, 2.05) is 13.8 Å². The summed E-state index contributed by atoms with van der Waals surface area (Å²) in [6.07, 6.45) is 1.74. The summed E-state index contributed by atoms with van der Waals surface area (Å²) in [7, 11) is 0. The zero-order chi connectivity index (χ0) is 16.4. The molecule has 2 aromatic rings. The largest absolute Gasteiger partial charge is 0.287 e. The number of thioether (sulfide) groups is 1. The van der Waals surface area contributed by atoms with Crippen LogP contribution in [0.3, 0.4) is 0 Å². The van der Waals surface area contributed by atoms with Crippen LogP contribution in [0.15, 0.2) is 34.2 Å². The number of hydrogen-bond donors (Lipinski definition) is 0. The van der Waals surface area contributed by atoms with Crippen LogP contribution >= 0.6 is 23.1 Å². The lowest BCUT2D eigenvalue weighted by Crippen LogP contribution is -2.28. The minimum atomic E-state index is -0.304. The van der Waals surface area contributed by atoms with Gasteiger partial charge in [-0.3, -0.25) is 9.69 Å². The molecule has 0 saturated carbocycles. The second-order valence-corrected chi connectivity index (χ2v) is 6.88. The van der Waals surface area contributed by atoms with Gasteiger partial charge in [0.05, 0.1) is 4.91 Å². The molecule has 118 valence electrons. The molecule has 2 heterocycles. The lowest BCUT2D eigenvalue weighted by Gasteiger charge is -2.11. The van der Waals surface area contributed by atoms with E-state index in [0.29, 0.717) is 21.7 Å². The van der Waals surface area contributed by atoms with Crippen LogP contribution in [0.5, 0.6) is 0 Å². The first-order chi connectivity index (χ1) is 11.1. The molecular weight excluding hydrogens is 335 g/mol. The predicted molar refractivity (Wildman–Crippen MR) is 91.1 cm³/mol. The highest BCUT2D eigenvalue weighted by Gasteiger charge is 2.32. The van der Waals surface area contributed by atoms with E-state index >= 15 is 0 Å².